The summed E-state index contributed by atoms with van der Waals surface area (Å²) in [6, 6.07) is 12.7. The molecule has 1 aliphatic rings. The van der Waals surface area contributed by atoms with Crippen molar-refractivity contribution < 1.29 is 19.1 Å². The van der Waals surface area contributed by atoms with Crippen LogP contribution in [0.25, 0.3) is 0 Å². The molecule has 1 aliphatic heterocycles. The lowest BCUT2D eigenvalue weighted by Crippen LogP contribution is -2.47. The van der Waals surface area contributed by atoms with Crippen LogP contribution in [-0.2, 0) is 9.59 Å². The van der Waals surface area contributed by atoms with E-state index in [-0.39, 0.29) is 11.7 Å². The molecule has 0 aliphatic carbocycles. The highest BCUT2D eigenvalue weighted by Gasteiger charge is 2.20. The van der Waals surface area contributed by atoms with Crippen molar-refractivity contribution in [3.63, 3.8) is 0 Å². The number of hydrazine groups is 1. The molecule has 170 valence electrons. The molecule has 2 N–H and O–H groups in total. The first kappa shape index (κ1) is 23.7. The molecule has 1 atom stereocenters. The zero-order chi connectivity index (χ0) is 23.1. The van der Waals surface area contributed by atoms with Crippen molar-refractivity contribution in [3.8, 4) is 5.75 Å². The third-order valence-corrected chi connectivity index (χ3v) is 6.53. The number of likely N-dealkylation sites (tertiary alicyclic amines) is 1. The Morgan fingerprint density at radius 3 is 2.50 bits per heavy atom. The van der Waals surface area contributed by atoms with E-state index in [1.807, 2.05) is 43.0 Å². The molecule has 1 unspecified atom stereocenters. The second kappa shape index (κ2) is 11.0. The highest BCUT2D eigenvalue weighted by Crippen LogP contribution is 2.24. The maximum Gasteiger partial charge on any atom is 0.279 e. The number of nitrogens with one attached hydrogen (secondary N) is 2. The highest BCUT2D eigenvalue weighted by atomic mass is 32.2. The second-order valence-corrected chi connectivity index (χ2v) is 8.79. The summed E-state index contributed by atoms with van der Waals surface area (Å²) >= 11 is 1.33. The predicted octanol–water partition coefficient (Wildman–Crippen LogP) is 3.25. The number of hydrogen-bond acceptors (Lipinski definition) is 5. The molecular weight excluding hydrogens is 426 g/mol. The fourth-order valence-electron chi connectivity index (χ4n) is 3.36. The van der Waals surface area contributed by atoms with Crippen LogP contribution in [-0.4, -0.2) is 47.6 Å². The van der Waals surface area contributed by atoms with Gasteiger partial charge in [0, 0.05) is 18.0 Å². The molecule has 1 fully saturated rings. The smallest absolute Gasteiger partial charge is 0.279 e. The lowest BCUT2D eigenvalue weighted by Gasteiger charge is -2.18. The monoisotopic (exact) mass is 455 g/mol. The lowest BCUT2D eigenvalue weighted by molar-refractivity contribution is -0.128. The quantitative estimate of drug-likeness (QED) is 0.494. The number of thioether (sulfide) groups is 1. The molecule has 1 heterocycles. The van der Waals surface area contributed by atoms with E-state index < -0.39 is 17.9 Å². The first-order chi connectivity index (χ1) is 15.4. The molecule has 3 rings (SSSR count). The predicted molar refractivity (Wildman–Crippen MR) is 125 cm³/mol. The number of rotatable bonds is 7. The number of nitrogens with zero attached hydrogens (tertiary/aromatic N) is 1. The van der Waals surface area contributed by atoms with Crippen molar-refractivity contribution in [3.05, 3.63) is 59.2 Å². The molecule has 8 heteroatoms. The fraction of sp³-hybridized carbons (Fsp3) is 0.375. The van der Waals surface area contributed by atoms with Gasteiger partial charge in [0.05, 0.1) is 11.3 Å². The van der Waals surface area contributed by atoms with Crippen molar-refractivity contribution in [2.24, 2.45) is 0 Å². The molecule has 32 heavy (non-hydrogen) atoms. The van der Waals surface area contributed by atoms with Crippen LogP contribution in [0, 0.1) is 13.8 Å². The van der Waals surface area contributed by atoms with Crippen molar-refractivity contribution in [1.29, 1.82) is 0 Å². The first-order valence-corrected chi connectivity index (χ1v) is 11.7. The molecule has 0 saturated carbocycles. The van der Waals surface area contributed by atoms with Crippen molar-refractivity contribution >= 4 is 29.5 Å². The van der Waals surface area contributed by atoms with E-state index in [2.05, 4.69) is 10.9 Å². The van der Waals surface area contributed by atoms with Gasteiger partial charge in [-0.3, -0.25) is 25.2 Å². The van der Waals surface area contributed by atoms with E-state index >= 15 is 0 Å². The standard InChI is InChI=1S/C24H29N3O4S/c1-16-9-8-11-20(17(16)2)31-18(3)23(29)25-26-24(30)19-10-4-5-12-21(19)32-15-22(28)27-13-6-7-14-27/h4-5,8-12,18H,6-7,13-15H2,1-3H3,(H,25,29)(H,26,30). The Balaban J connectivity index is 1.54. The molecule has 0 bridgehead atoms. The van der Waals surface area contributed by atoms with Crippen LogP contribution in [0.5, 0.6) is 5.75 Å². The van der Waals surface area contributed by atoms with Gasteiger partial charge in [0.2, 0.25) is 5.91 Å². The van der Waals surface area contributed by atoms with E-state index in [0.717, 1.165) is 37.1 Å². The van der Waals surface area contributed by atoms with Gasteiger partial charge >= 0.3 is 0 Å². The highest BCUT2D eigenvalue weighted by molar-refractivity contribution is 8.00. The Kier molecular flexibility index (Phi) is 8.16. The van der Waals surface area contributed by atoms with E-state index in [0.29, 0.717) is 16.2 Å². The maximum atomic E-state index is 12.7. The van der Waals surface area contributed by atoms with Crippen molar-refractivity contribution in [1.82, 2.24) is 15.8 Å². The average molecular weight is 456 g/mol. The molecule has 2 aromatic carbocycles. The van der Waals surface area contributed by atoms with Crippen LogP contribution in [0.15, 0.2) is 47.4 Å². The number of carbonyl (C=O) groups excluding carboxylic acids is 3. The van der Waals surface area contributed by atoms with Gasteiger partial charge in [0.15, 0.2) is 6.10 Å². The summed E-state index contributed by atoms with van der Waals surface area (Å²) < 4.78 is 5.75. The molecular formula is C24H29N3O4S. The topological polar surface area (TPSA) is 87.7 Å². The van der Waals surface area contributed by atoms with Gasteiger partial charge < -0.3 is 9.64 Å². The largest absolute Gasteiger partial charge is 0.481 e. The third kappa shape index (κ3) is 6.03. The van der Waals surface area contributed by atoms with Crippen LogP contribution >= 0.6 is 11.8 Å². The molecule has 0 aromatic heterocycles. The summed E-state index contributed by atoms with van der Waals surface area (Å²) in [6.07, 6.45) is 1.29. The molecule has 0 spiro atoms. The molecule has 0 radical (unpaired) electrons. The average Bonchev–Trinajstić information content (AvgIpc) is 3.34. The fourth-order valence-corrected chi connectivity index (χ4v) is 4.31. The Morgan fingerprint density at radius 1 is 1.03 bits per heavy atom. The van der Waals surface area contributed by atoms with Gasteiger partial charge in [-0.1, -0.05) is 24.3 Å². The lowest BCUT2D eigenvalue weighted by atomic mass is 10.1. The first-order valence-electron chi connectivity index (χ1n) is 10.7. The van der Waals surface area contributed by atoms with Crippen LogP contribution in [0.4, 0.5) is 0 Å². The van der Waals surface area contributed by atoms with Gasteiger partial charge in [-0.15, -0.1) is 11.8 Å². The normalized spacial score (nSPS) is 14.0. The number of ether oxygens (including phenoxy) is 1. The Hall–Kier alpha value is -3.00. The van der Waals surface area contributed by atoms with Crippen molar-refractivity contribution in [2.45, 2.75) is 44.6 Å². The minimum atomic E-state index is -0.793. The Bertz CT molecular complexity index is 989. The van der Waals surface area contributed by atoms with Crippen LogP contribution in [0.2, 0.25) is 0 Å². The van der Waals surface area contributed by atoms with Gasteiger partial charge in [0.1, 0.15) is 5.75 Å². The SMILES string of the molecule is Cc1cccc(OC(C)C(=O)NNC(=O)c2ccccc2SCC(=O)N2CCCC2)c1C. The minimum absolute atomic E-state index is 0.0772. The summed E-state index contributed by atoms with van der Waals surface area (Å²) in [6.45, 7) is 7.13. The van der Waals surface area contributed by atoms with E-state index in [4.69, 9.17) is 4.74 Å². The Labute approximate surface area is 192 Å². The molecule has 1 saturated heterocycles. The minimum Gasteiger partial charge on any atom is -0.481 e. The molecule has 7 nitrogen and oxygen atoms in total. The van der Waals surface area contributed by atoms with E-state index in [1.165, 1.54) is 11.8 Å². The second-order valence-electron chi connectivity index (χ2n) is 7.77. The number of amides is 3. The van der Waals surface area contributed by atoms with Crippen LogP contribution < -0.4 is 15.6 Å². The summed E-state index contributed by atoms with van der Waals surface area (Å²) in [5, 5.41) is 0. The van der Waals surface area contributed by atoms with Gasteiger partial charge in [-0.25, -0.2) is 0 Å². The van der Waals surface area contributed by atoms with Gasteiger partial charge in [0.25, 0.3) is 11.8 Å². The Morgan fingerprint density at radius 2 is 1.75 bits per heavy atom. The van der Waals surface area contributed by atoms with E-state index in [1.54, 1.807) is 25.1 Å². The molecule has 3 amide bonds. The maximum absolute atomic E-state index is 12.7. The van der Waals surface area contributed by atoms with Crippen LogP contribution in [0.1, 0.15) is 41.3 Å². The number of hydrogen-bond donors (Lipinski definition) is 2. The zero-order valence-electron chi connectivity index (χ0n) is 18.6. The zero-order valence-corrected chi connectivity index (χ0v) is 19.5. The number of aryl methyl sites for hydroxylation is 1. The van der Waals surface area contributed by atoms with Gasteiger partial charge in [-0.2, -0.15) is 0 Å². The third-order valence-electron chi connectivity index (χ3n) is 5.47. The summed E-state index contributed by atoms with van der Waals surface area (Å²) in [7, 11) is 0. The molecule has 2 aromatic rings. The van der Waals surface area contributed by atoms with Gasteiger partial charge in [-0.05, 0) is 62.9 Å². The number of carbonyl (C=O) groups is 3. The number of benzene rings is 2. The van der Waals surface area contributed by atoms with E-state index in [9.17, 15) is 14.4 Å². The summed E-state index contributed by atoms with van der Waals surface area (Å²) in [5.74, 6) is 0.0663. The van der Waals surface area contributed by atoms with Crippen molar-refractivity contribution in [2.75, 3.05) is 18.8 Å². The summed E-state index contributed by atoms with van der Waals surface area (Å²) in [4.78, 5) is 40.0. The van der Waals surface area contributed by atoms with Crippen LogP contribution in [0.3, 0.4) is 0 Å². The summed E-state index contributed by atoms with van der Waals surface area (Å²) in [5.41, 5.74) is 7.30.